The Balaban J connectivity index is 2.12. The smallest absolute Gasteiger partial charge is 0.248 e. The first-order chi connectivity index (χ1) is 9.69. The Bertz CT molecular complexity index is 800. The van der Waals surface area contributed by atoms with Gasteiger partial charge in [0.15, 0.2) is 1.41 Å². The molecule has 2 heterocycles. The normalized spacial score (nSPS) is 11.3. The molecule has 0 saturated heterocycles. The number of benzene rings is 1. The summed E-state index contributed by atoms with van der Waals surface area (Å²) in [6.45, 7) is 0. The first kappa shape index (κ1) is 10.5. The number of aromatic nitrogens is 1. The van der Waals surface area contributed by atoms with Crippen LogP contribution < -0.4 is 11.5 Å². The molecule has 3 rings (SSSR count). The maximum Gasteiger partial charge on any atom is 0.248 e. The lowest BCUT2D eigenvalue weighted by Gasteiger charge is -1.99. The van der Waals surface area contributed by atoms with Crippen LogP contribution in [0.2, 0.25) is 1.41 Å². The SMILES string of the molecule is [3H]NC(=O)c1ccc2sc(-c3cccnc3N)cc2c1. The van der Waals surface area contributed by atoms with E-state index in [4.69, 9.17) is 7.15 Å². The quantitative estimate of drug-likeness (QED) is 0.751. The van der Waals surface area contributed by atoms with Crippen molar-refractivity contribution in [2.24, 2.45) is 5.73 Å². The van der Waals surface area contributed by atoms with Crippen molar-refractivity contribution >= 4 is 33.1 Å². The van der Waals surface area contributed by atoms with E-state index in [0.717, 1.165) is 20.5 Å². The Kier molecular flexibility index (Phi) is 2.42. The average Bonchev–Trinajstić information content (AvgIpc) is 2.89. The summed E-state index contributed by atoms with van der Waals surface area (Å²) in [4.78, 5) is 16.6. The second-order valence-electron chi connectivity index (χ2n) is 4.13. The van der Waals surface area contributed by atoms with Crippen LogP contribution in [0.15, 0.2) is 42.6 Å². The predicted octanol–water partition coefficient (Wildman–Crippen LogP) is 2.64. The molecule has 19 heavy (non-hydrogen) atoms. The first-order valence-electron chi connectivity index (χ1n) is 6.15. The van der Waals surface area contributed by atoms with Gasteiger partial charge >= 0.3 is 0 Å². The Hall–Kier alpha value is -2.40. The molecule has 2 aromatic heterocycles. The maximum absolute atomic E-state index is 11.5. The molecule has 0 aliphatic heterocycles. The lowest BCUT2D eigenvalue weighted by molar-refractivity contribution is 0.100. The molecule has 1 aromatic carbocycles. The molecule has 0 atom stereocenters. The van der Waals surface area contributed by atoms with E-state index < -0.39 is 5.91 Å². The summed E-state index contributed by atoms with van der Waals surface area (Å²) in [6.07, 6.45) is 1.66. The number of hydrogen-bond donors (Lipinski definition) is 2. The van der Waals surface area contributed by atoms with Crippen LogP contribution in [-0.4, -0.2) is 10.9 Å². The second kappa shape index (κ2) is 4.37. The topological polar surface area (TPSA) is 82.0 Å². The molecule has 0 radical (unpaired) electrons. The van der Waals surface area contributed by atoms with Gasteiger partial charge in [0.2, 0.25) is 5.91 Å². The molecule has 0 bridgehead atoms. The maximum atomic E-state index is 11.5. The van der Waals surface area contributed by atoms with Crippen LogP contribution in [0.25, 0.3) is 20.5 Å². The van der Waals surface area contributed by atoms with Gasteiger partial charge in [-0.1, -0.05) is 0 Å². The van der Waals surface area contributed by atoms with Crippen LogP contribution in [0, 0.1) is 0 Å². The van der Waals surface area contributed by atoms with Crippen molar-refractivity contribution in [3.63, 3.8) is 0 Å². The summed E-state index contributed by atoms with van der Waals surface area (Å²) >= 11 is 1.59. The van der Waals surface area contributed by atoms with Crippen molar-refractivity contribution in [2.45, 2.75) is 0 Å². The van der Waals surface area contributed by atoms with Crippen molar-refractivity contribution in [3.05, 3.63) is 48.2 Å². The van der Waals surface area contributed by atoms with Gasteiger partial charge in [-0.25, -0.2) is 4.98 Å². The van der Waals surface area contributed by atoms with Crippen molar-refractivity contribution < 1.29 is 6.21 Å². The minimum atomic E-state index is -0.416. The number of hydrogen-bond acceptors (Lipinski definition) is 4. The van der Waals surface area contributed by atoms with E-state index in [-0.39, 0.29) is 0 Å². The monoisotopic (exact) mass is 271 g/mol. The number of carbonyl (C=O) groups excluding carboxylic acids is 1. The number of nitrogen functional groups attached to an aromatic ring is 1. The third-order valence-electron chi connectivity index (χ3n) is 2.88. The molecule has 0 spiro atoms. The average molecular weight is 271 g/mol. The minimum absolute atomic E-state index is 0.416. The Morgan fingerprint density at radius 3 is 3.00 bits per heavy atom. The number of anilines is 1. The van der Waals surface area contributed by atoms with Gasteiger partial charge in [0, 0.05) is 26.9 Å². The van der Waals surface area contributed by atoms with Gasteiger partial charge in [-0.15, -0.1) is 11.3 Å². The molecule has 94 valence electrons. The van der Waals surface area contributed by atoms with Crippen LogP contribution in [0.5, 0.6) is 0 Å². The summed E-state index contributed by atoms with van der Waals surface area (Å²) in [7, 11) is 0. The van der Waals surface area contributed by atoms with Gasteiger partial charge in [0.05, 0.1) is 0 Å². The number of nitrogens with two attached hydrogens (primary N) is 2. The predicted molar refractivity (Wildman–Crippen MR) is 78.0 cm³/mol. The lowest BCUT2D eigenvalue weighted by Crippen LogP contribution is -2.10. The van der Waals surface area contributed by atoms with Crippen LogP contribution in [-0.2, 0) is 0 Å². The van der Waals surface area contributed by atoms with Gasteiger partial charge in [0.1, 0.15) is 5.82 Å². The molecule has 0 aliphatic carbocycles. The summed E-state index contributed by atoms with van der Waals surface area (Å²) in [5.74, 6) is 0.0729. The van der Waals surface area contributed by atoms with Crippen molar-refractivity contribution in [2.75, 3.05) is 5.73 Å². The van der Waals surface area contributed by atoms with E-state index >= 15 is 0 Å². The molecular formula is C14H11N3OS. The number of amides is 1. The zero-order valence-corrected chi connectivity index (χ0v) is 10.7. The Morgan fingerprint density at radius 2 is 2.21 bits per heavy atom. The van der Waals surface area contributed by atoms with Crippen molar-refractivity contribution in [3.8, 4) is 10.4 Å². The van der Waals surface area contributed by atoms with E-state index in [1.54, 1.807) is 29.7 Å². The van der Waals surface area contributed by atoms with Crippen LogP contribution in [0.4, 0.5) is 5.82 Å². The van der Waals surface area contributed by atoms with Crippen LogP contribution in [0.1, 0.15) is 10.4 Å². The van der Waals surface area contributed by atoms with E-state index in [0.29, 0.717) is 11.4 Å². The number of fused-ring (bicyclic) bond motifs is 1. The molecular weight excluding hydrogens is 258 g/mol. The van der Waals surface area contributed by atoms with E-state index in [9.17, 15) is 4.79 Å². The molecule has 0 fully saturated rings. The second-order valence-corrected chi connectivity index (χ2v) is 5.21. The molecule has 0 unspecified atom stereocenters. The van der Waals surface area contributed by atoms with Gasteiger partial charge in [-0.3, -0.25) is 4.79 Å². The molecule has 0 aliphatic rings. The molecule has 1 amide bonds. The number of thiophene rings is 1. The van der Waals surface area contributed by atoms with Gasteiger partial charge in [0.25, 0.3) is 0 Å². The van der Waals surface area contributed by atoms with E-state index in [2.05, 4.69) is 4.98 Å². The number of primary amides is 1. The van der Waals surface area contributed by atoms with Gasteiger partial charge in [-0.05, 0) is 41.8 Å². The standard InChI is InChI=1S/C14H11N3OS/c15-13-10(2-1-5-17-13)12-7-9-6-8(14(16)18)3-4-11(9)19-12/h1-7H,(H2,15,17)(H2,16,18)/i/hT. The van der Waals surface area contributed by atoms with E-state index in [1.807, 2.05) is 30.0 Å². The third kappa shape index (κ3) is 2.04. The Labute approximate surface area is 115 Å². The highest BCUT2D eigenvalue weighted by molar-refractivity contribution is 7.22. The fraction of sp³-hybridized carbons (Fsp3) is 0. The summed E-state index contributed by atoms with van der Waals surface area (Å²) < 4.78 is 7.96. The zero-order valence-electron chi connectivity index (χ0n) is 10.9. The van der Waals surface area contributed by atoms with E-state index in [1.165, 1.54) is 0 Å². The number of rotatable bonds is 2. The lowest BCUT2D eigenvalue weighted by atomic mass is 10.1. The number of nitrogens with zero attached hydrogens (tertiary/aromatic N) is 1. The van der Waals surface area contributed by atoms with Crippen LogP contribution >= 0.6 is 11.3 Å². The van der Waals surface area contributed by atoms with Crippen molar-refractivity contribution in [1.29, 1.82) is 0 Å². The van der Waals surface area contributed by atoms with Gasteiger partial charge in [-0.2, -0.15) is 0 Å². The summed E-state index contributed by atoms with van der Waals surface area (Å²) in [5, 5.41) is 0.953. The molecule has 5 heteroatoms. The highest BCUT2D eigenvalue weighted by Crippen LogP contribution is 2.35. The number of carbonyl (C=O) groups is 1. The fourth-order valence-electron chi connectivity index (χ4n) is 1.94. The summed E-state index contributed by atoms with van der Waals surface area (Å²) in [5.41, 5.74) is 9.12. The molecule has 0 saturated carbocycles. The van der Waals surface area contributed by atoms with Crippen molar-refractivity contribution in [1.82, 2.24) is 4.98 Å². The first-order valence-corrected chi connectivity index (χ1v) is 6.47. The highest BCUT2D eigenvalue weighted by atomic mass is 32.1. The highest BCUT2D eigenvalue weighted by Gasteiger charge is 2.09. The largest absolute Gasteiger partial charge is 0.383 e. The molecule has 4 N–H and O–H groups in total. The Morgan fingerprint density at radius 1 is 1.32 bits per heavy atom. The third-order valence-corrected chi connectivity index (χ3v) is 4.03. The van der Waals surface area contributed by atoms with Crippen LogP contribution in [0.3, 0.4) is 0 Å². The molecule has 4 nitrogen and oxygen atoms in total. The fourth-order valence-corrected chi connectivity index (χ4v) is 3.02. The number of pyridine rings is 1. The minimum Gasteiger partial charge on any atom is -0.383 e. The zero-order chi connectivity index (χ0) is 14.1. The summed E-state index contributed by atoms with van der Waals surface area (Å²) in [6, 6.07) is 11.1. The molecule has 3 aromatic rings. The van der Waals surface area contributed by atoms with Gasteiger partial charge < -0.3 is 11.5 Å².